The molecular weight excluding hydrogens is 224 g/mol. The topological polar surface area (TPSA) is 0 Å². The van der Waals surface area contributed by atoms with Crippen LogP contribution in [0.1, 0.15) is 38.1 Å². The van der Waals surface area contributed by atoms with Gasteiger partial charge in [0.1, 0.15) is 0 Å². The molecule has 1 heteroatoms. The third-order valence-electron chi connectivity index (χ3n) is 3.01. The number of aryl methyl sites for hydroxylation is 1. The van der Waals surface area contributed by atoms with Gasteiger partial charge >= 0.3 is 0 Å². The number of hydrogen-bond acceptors (Lipinski definition) is 1. The molecule has 0 bridgehead atoms. The van der Waals surface area contributed by atoms with Crippen molar-refractivity contribution in [2.24, 2.45) is 0 Å². The fraction of sp³-hybridized carbons (Fsp3) is 0.375. The Balaban J connectivity index is 2.44. The van der Waals surface area contributed by atoms with E-state index < -0.39 is 0 Å². The minimum atomic E-state index is 0.254. The van der Waals surface area contributed by atoms with E-state index in [9.17, 15) is 0 Å². The maximum Gasteiger partial charge on any atom is 0.0348 e. The van der Waals surface area contributed by atoms with E-state index in [4.69, 9.17) is 0 Å². The lowest BCUT2D eigenvalue weighted by molar-refractivity contribution is 0.604. The molecule has 0 saturated carbocycles. The van der Waals surface area contributed by atoms with Gasteiger partial charge in [-0.15, -0.1) is 11.3 Å². The molecule has 0 aliphatic heterocycles. The van der Waals surface area contributed by atoms with E-state index in [1.165, 1.54) is 20.9 Å². The Labute approximate surface area is 108 Å². The maximum absolute atomic E-state index is 2.27. The van der Waals surface area contributed by atoms with Crippen molar-refractivity contribution >= 4 is 11.3 Å². The van der Waals surface area contributed by atoms with Crippen molar-refractivity contribution in [1.82, 2.24) is 0 Å². The van der Waals surface area contributed by atoms with Crippen molar-refractivity contribution < 1.29 is 0 Å². The summed E-state index contributed by atoms with van der Waals surface area (Å²) in [6.07, 6.45) is 1.10. The van der Waals surface area contributed by atoms with Crippen LogP contribution in [0.15, 0.2) is 36.4 Å². The summed E-state index contributed by atoms with van der Waals surface area (Å²) in [6.45, 7) is 9.04. The fourth-order valence-electron chi connectivity index (χ4n) is 1.95. The van der Waals surface area contributed by atoms with Crippen LogP contribution < -0.4 is 0 Å². The number of benzene rings is 1. The van der Waals surface area contributed by atoms with Crippen LogP contribution in [0.2, 0.25) is 0 Å². The van der Waals surface area contributed by atoms with Gasteiger partial charge < -0.3 is 0 Å². The highest BCUT2D eigenvalue weighted by atomic mass is 32.1. The first kappa shape index (κ1) is 12.4. The second-order valence-corrected chi connectivity index (χ2v) is 6.51. The zero-order valence-corrected chi connectivity index (χ0v) is 11.9. The van der Waals surface area contributed by atoms with Crippen molar-refractivity contribution in [3.05, 3.63) is 46.8 Å². The van der Waals surface area contributed by atoms with Crippen molar-refractivity contribution in [2.75, 3.05) is 0 Å². The van der Waals surface area contributed by atoms with Gasteiger partial charge in [0.05, 0.1) is 0 Å². The van der Waals surface area contributed by atoms with E-state index in [1.54, 1.807) is 0 Å². The zero-order valence-electron chi connectivity index (χ0n) is 11.1. The zero-order chi connectivity index (χ0) is 12.5. The summed E-state index contributed by atoms with van der Waals surface area (Å²) in [5.74, 6) is 0. The SMILES string of the molecule is CCc1ccccc1-c1ccc(C(C)(C)C)s1. The summed E-state index contributed by atoms with van der Waals surface area (Å²) < 4.78 is 0. The highest BCUT2D eigenvalue weighted by molar-refractivity contribution is 7.15. The van der Waals surface area contributed by atoms with Crippen LogP contribution in [0.25, 0.3) is 10.4 Å². The normalized spacial score (nSPS) is 11.8. The Morgan fingerprint density at radius 1 is 1.00 bits per heavy atom. The molecule has 0 radical (unpaired) electrons. The molecule has 0 unspecified atom stereocenters. The van der Waals surface area contributed by atoms with Gasteiger partial charge in [-0.2, -0.15) is 0 Å². The fourth-order valence-corrected chi connectivity index (χ4v) is 3.08. The van der Waals surface area contributed by atoms with Crippen molar-refractivity contribution in [2.45, 2.75) is 39.5 Å². The number of hydrogen-bond donors (Lipinski definition) is 0. The van der Waals surface area contributed by atoms with Gasteiger partial charge in [-0.1, -0.05) is 52.0 Å². The molecule has 0 saturated heterocycles. The molecule has 0 aliphatic rings. The third-order valence-corrected chi connectivity index (χ3v) is 4.55. The lowest BCUT2D eigenvalue weighted by Gasteiger charge is -2.15. The summed E-state index contributed by atoms with van der Waals surface area (Å²) in [7, 11) is 0. The average Bonchev–Trinajstić information content (AvgIpc) is 2.77. The molecule has 0 atom stereocenters. The molecule has 1 heterocycles. The summed E-state index contributed by atoms with van der Waals surface area (Å²) in [4.78, 5) is 2.85. The van der Waals surface area contributed by atoms with E-state index in [0.29, 0.717) is 0 Å². The van der Waals surface area contributed by atoms with E-state index in [2.05, 4.69) is 64.1 Å². The average molecular weight is 244 g/mol. The Hall–Kier alpha value is -1.08. The summed E-state index contributed by atoms with van der Waals surface area (Å²) >= 11 is 1.92. The van der Waals surface area contributed by atoms with Gasteiger partial charge in [-0.3, -0.25) is 0 Å². The van der Waals surface area contributed by atoms with E-state index >= 15 is 0 Å². The highest BCUT2D eigenvalue weighted by Gasteiger charge is 2.17. The number of rotatable bonds is 2. The second-order valence-electron chi connectivity index (χ2n) is 5.42. The molecule has 1 aromatic heterocycles. The summed E-state index contributed by atoms with van der Waals surface area (Å²) in [5, 5.41) is 0. The van der Waals surface area contributed by atoms with E-state index in [1.807, 2.05) is 11.3 Å². The van der Waals surface area contributed by atoms with E-state index in [-0.39, 0.29) is 5.41 Å². The Bertz CT molecular complexity index is 500. The minimum absolute atomic E-state index is 0.254. The molecule has 1 aromatic carbocycles. The lowest BCUT2D eigenvalue weighted by atomic mass is 9.95. The number of thiophene rings is 1. The molecule has 2 aromatic rings. The van der Waals surface area contributed by atoms with Crippen LogP contribution in [0.5, 0.6) is 0 Å². The first-order valence-electron chi connectivity index (χ1n) is 6.21. The molecule has 17 heavy (non-hydrogen) atoms. The summed E-state index contributed by atoms with van der Waals surface area (Å²) in [5.41, 5.74) is 3.09. The van der Waals surface area contributed by atoms with Gasteiger partial charge in [-0.05, 0) is 35.1 Å². The monoisotopic (exact) mass is 244 g/mol. The Kier molecular flexibility index (Phi) is 3.39. The first-order valence-corrected chi connectivity index (χ1v) is 7.02. The van der Waals surface area contributed by atoms with Crippen LogP contribution in [-0.2, 0) is 11.8 Å². The van der Waals surface area contributed by atoms with Gasteiger partial charge in [0.25, 0.3) is 0 Å². The van der Waals surface area contributed by atoms with Gasteiger partial charge in [0, 0.05) is 9.75 Å². The second kappa shape index (κ2) is 4.66. The van der Waals surface area contributed by atoms with Crippen LogP contribution in [-0.4, -0.2) is 0 Å². The Morgan fingerprint density at radius 3 is 2.29 bits per heavy atom. The minimum Gasteiger partial charge on any atom is -0.140 e. The molecule has 0 nitrogen and oxygen atoms in total. The molecule has 0 fully saturated rings. The van der Waals surface area contributed by atoms with Crippen molar-refractivity contribution in [3.63, 3.8) is 0 Å². The molecule has 0 N–H and O–H groups in total. The maximum atomic E-state index is 2.27. The summed E-state index contributed by atoms with van der Waals surface area (Å²) in [6, 6.07) is 13.3. The largest absolute Gasteiger partial charge is 0.140 e. The van der Waals surface area contributed by atoms with Crippen molar-refractivity contribution in [1.29, 1.82) is 0 Å². The standard InChI is InChI=1S/C16H20S/c1-5-12-8-6-7-9-13(12)14-10-11-15(17-14)16(2,3)4/h6-11H,5H2,1-4H3. The first-order chi connectivity index (χ1) is 8.02. The van der Waals surface area contributed by atoms with Crippen LogP contribution in [0.3, 0.4) is 0 Å². The molecule has 2 rings (SSSR count). The van der Waals surface area contributed by atoms with Gasteiger partial charge in [0.2, 0.25) is 0 Å². The molecule has 0 spiro atoms. The van der Waals surface area contributed by atoms with Crippen molar-refractivity contribution in [3.8, 4) is 10.4 Å². The van der Waals surface area contributed by atoms with Gasteiger partial charge in [-0.25, -0.2) is 0 Å². The highest BCUT2D eigenvalue weighted by Crippen LogP contribution is 2.36. The van der Waals surface area contributed by atoms with Gasteiger partial charge in [0.15, 0.2) is 0 Å². The molecule has 90 valence electrons. The third kappa shape index (κ3) is 2.61. The molecule has 0 amide bonds. The molecule has 0 aliphatic carbocycles. The lowest BCUT2D eigenvalue weighted by Crippen LogP contribution is -2.07. The quantitative estimate of drug-likeness (QED) is 0.674. The predicted molar refractivity (Wildman–Crippen MR) is 77.8 cm³/mol. The van der Waals surface area contributed by atoms with Crippen LogP contribution in [0, 0.1) is 0 Å². The predicted octanol–water partition coefficient (Wildman–Crippen LogP) is 5.28. The molecular formula is C16H20S. The smallest absolute Gasteiger partial charge is 0.0348 e. The van der Waals surface area contributed by atoms with Crippen LogP contribution in [0.4, 0.5) is 0 Å². The van der Waals surface area contributed by atoms with Crippen LogP contribution >= 0.6 is 11.3 Å². The van der Waals surface area contributed by atoms with E-state index in [0.717, 1.165) is 6.42 Å². The Morgan fingerprint density at radius 2 is 1.71 bits per heavy atom.